The first-order valence-electron chi connectivity index (χ1n) is 6.50. The maximum Gasteiger partial charge on any atom is 0.309 e. The zero-order valence-corrected chi connectivity index (χ0v) is 11.4. The molecule has 2 rings (SSSR count). The molecule has 0 radical (unpaired) electrons. The fourth-order valence-corrected chi connectivity index (χ4v) is 2.99. The fourth-order valence-electron chi connectivity index (χ4n) is 2.79. The van der Waals surface area contributed by atoms with Crippen LogP contribution in [0.5, 0.6) is 0 Å². The summed E-state index contributed by atoms with van der Waals surface area (Å²) in [4.78, 5) is 11.7. The van der Waals surface area contributed by atoms with Gasteiger partial charge in [0.15, 0.2) is 0 Å². The molecule has 0 bridgehead atoms. The Hall–Kier alpha value is -1.02. The van der Waals surface area contributed by atoms with Crippen LogP contribution in [0, 0.1) is 11.3 Å². The van der Waals surface area contributed by atoms with E-state index in [0.29, 0.717) is 17.4 Å². The van der Waals surface area contributed by atoms with Gasteiger partial charge >= 0.3 is 5.97 Å². The van der Waals surface area contributed by atoms with Crippen LogP contribution in [0.3, 0.4) is 0 Å². The van der Waals surface area contributed by atoms with Crippen LogP contribution in [0.1, 0.15) is 38.2 Å². The molecule has 1 N–H and O–H groups in total. The summed E-state index contributed by atoms with van der Waals surface area (Å²) in [5.74, 6) is -0.0296. The average molecular weight is 267 g/mol. The fraction of sp³-hybridized carbons (Fsp3) is 0.533. The van der Waals surface area contributed by atoms with E-state index in [1.807, 2.05) is 24.3 Å². The van der Waals surface area contributed by atoms with Gasteiger partial charge in [-0.25, -0.2) is 0 Å². The van der Waals surface area contributed by atoms with Gasteiger partial charge in [-0.3, -0.25) is 4.79 Å². The predicted octanol–water partition coefficient (Wildman–Crippen LogP) is 4.16. The van der Waals surface area contributed by atoms with Crippen molar-refractivity contribution in [3.63, 3.8) is 0 Å². The topological polar surface area (TPSA) is 37.3 Å². The van der Waals surface area contributed by atoms with Crippen LogP contribution in [-0.2, 0) is 11.2 Å². The molecule has 3 heteroatoms. The first kappa shape index (κ1) is 13.4. The van der Waals surface area contributed by atoms with E-state index in [-0.39, 0.29) is 0 Å². The van der Waals surface area contributed by atoms with Crippen LogP contribution >= 0.6 is 11.6 Å². The Balaban J connectivity index is 2.22. The monoisotopic (exact) mass is 266 g/mol. The van der Waals surface area contributed by atoms with Crippen LogP contribution in [0.4, 0.5) is 0 Å². The third-order valence-corrected chi connectivity index (χ3v) is 4.54. The van der Waals surface area contributed by atoms with Gasteiger partial charge in [-0.2, -0.15) is 0 Å². The number of aliphatic carboxylic acids is 1. The highest BCUT2D eigenvalue weighted by molar-refractivity contribution is 6.31. The van der Waals surface area contributed by atoms with Crippen LogP contribution in [0.2, 0.25) is 5.02 Å². The Morgan fingerprint density at radius 2 is 2.00 bits per heavy atom. The van der Waals surface area contributed by atoms with Gasteiger partial charge in [0, 0.05) is 5.02 Å². The molecule has 1 fully saturated rings. The summed E-state index contributed by atoms with van der Waals surface area (Å²) in [6.07, 6.45) is 4.06. The third-order valence-electron chi connectivity index (χ3n) is 4.17. The smallest absolute Gasteiger partial charge is 0.309 e. The molecule has 1 aliphatic rings. The van der Waals surface area contributed by atoms with E-state index < -0.39 is 11.4 Å². The molecule has 1 aromatic rings. The van der Waals surface area contributed by atoms with E-state index >= 15 is 0 Å². The third kappa shape index (κ3) is 2.69. The number of carbonyl (C=O) groups is 1. The minimum Gasteiger partial charge on any atom is -0.481 e. The van der Waals surface area contributed by atoms with Gasteiger partial charge in [-0.05, 0) is 49.7 Å². The Labute approximate surface area is 113 Å². The van der Waals surface area contributed by atoms with E-state index in [1.54, 1.807) is 0 Å². The highest BCUT2D eigenvalue weighted by Gasteiger charge is 2.41. The summed E-state index contributed by atoms with van der Waals surface area (Å²) >= 11 is 6.15. The largest absolute Gasteiger partial charge is 0.481 e. The normalized spacial score (nSPS) is 28.0. The van der Waals surface area contributed by atoms with Crippen molar-refractivity contribution >= 4 is 17.6 Å². The van der Waals surface area contributed by atoms with Crippen molar-refractivity contribution in [1.82, 2.24) is 0 Å². The number of hydrogen-bond donors (Lipinski definition) is 1. The summed E-state index contributed by atoms with van der Waals surface area (Å²) in [5.41, 5.74) is 0.341. The van der Waals surface area contributed by atoms with Gasteiger partial charge in [0.1, 0.15) is 0 Å². The van der Waals surface area contributed by atoms with Crippen LogP contribution in [0.15, 0.2) is 24.3 Å². The molecule has 1 saturated carbocycles. The van der Waals surface area contributed by atoms with Gasteiger partial charge in [0.05, 0.1) is 5.41 Å². The van der Waals surface area contributed by atoms with Crippen LogP contribution < -0.4 is 0 Å². The van der Waals surface area contributed by atoms with Gasteiger partial charge in [-0.1, -0.05) is 36.7 Å². The van der Waals surface area contributed by atoms with E-state index in [2.05, 4.69) is 6.92 Å². The lowest BCUT2D eigenvalue weighted by atomic mass is 9.68. The zero-order valence-electron chi connectivity index (χ0n) is 10.7. The summed E-state index contributed by atoms with van der Waals surface area (Å²) in [5, 5.41) is 10.3. The number of rotatable bonds is 3. The van der Waals surface area contributed by atoms with E-state index in [1.165, 1.54) is 0 Å². The van der Waals surface area contributed by atoms with Crippen molar-refractivity contribution in [1.29, 1.82) is 0 Å². The molecule has 0 amide bonds. The molecule has 1 aromatic carbocycles. The lowest BCUT2D eigenvalue weighted by molar-refractivity contribution is -0.151. The van der Waals surface area contributed by atoms with Crippen molar-refractivity contribution in [3.8, 4) is 0 Å². The maximum atomic E-state index is 11.7. The lowest BCUT2D eigenvalue weighted by Gasteiger charge is -2.36. The summed E-state index contributed by atoms with van der Waals surface area (Å²) in [7, 11) is 0. The average Bonchev–Trinajstić information content (AvgIpc) is 2.35. The summed E-state index contributed by atoms with van der Waals surface area (Å²) in [6.45, 7) is 2.20. The second-order valence-corrected chi connectivity index (χ2v) is 5.94. The first-order valence-corrected chi connectivity index (χ1v) is 6.88. The zero-order chi connectivity index (χ0) is 13.2. The molecule has 0 atom stereocenters. The van der Waals surface area contributed by atoms with Crippen LogP contribution in [0.25, 0.3) is 0 Å². The highest BCUT2D eigenvalue weighted by Crippen LogP contribution is 2.42. The minimum atomic E-state index is -0.672. The molecule has 98 valence electrons. The summed E-state index contributed by atoms with van der Waals surface area (Å²) < 4.78 is 0. The molecule has 0 spiro atoms. The van der Waals surface area contributed by atoms with Gasteiger partial charge in [0.25, 0.3) is 0 Å². The lowest BCUT2D eigenvalue weighted by Crippen LogP contribution is -2.37. The van der Waals surface area contributed by atoms with E-state index in [9.17, 15) is 9.90 Å². The molecule has 0 unspecified atom stereocenters. The molecule has 0 aliphatic heterocycles. The van der Waals surface area contributed by atoms with Gasteiger partial charge < -0.3 is 5.11 Å². The highest BCUT2D eigenvalue weighted by atomic mass is 35.5. The Morgan fingerprint density at radius 1 is 1.39 bits per heavy atom. The number of hydrogen-bond acceptors (Lipinski definition) is 1. The molecular formula is C15H19ClO2. The SMILES string of the molecule is CC1CCC(Cc2ccccc2Cl)(C(=O)O)CC1. The first-order chi connectivity index (χ1) is 8.53. The number of benzene rings is 1. The second-order valence-electron chi connectivity index (χ2n) is 5.54. The van der Waals surface area contributed by atoms with Crippen molar-refractivity contribution in [2.24, 2.45) is 11.3 Å². The number of carboxylic acid groups (broad SMARTS) is 1. The van der Waals surface area contributed by atoms with Gasteiger partial charge in [-0.15, -0.1) is 0 Å². The van der Waals surface area contributed by atoms with E-state index in [0.717, 1.165) is 31.2 Å². The predicted molar refractivity (Wildman–Crippen MR) is 72.9 cm³/mol. The molecule has 0 aromatic heterocycles. The molecule has 1 aliphatic carbocycles. The molecule has 0 heterocycles. The summed E-state index contributed by atoms with van der Waals surface area (Å²) in [6, 6.07) is 7.56. The van der Waals surface area contributed by atoms with Crippen molar-refractivity contribution < 1.29 is 9.90 Å². The van der Waals surface area contributed by atoms with Crippen molar-refractivity contribution in [3.05, 3.63) is 34.9 Å². The Bertz CT molecular complexity index is 434. The van der Waals surface area contributed by atoms with Crippen molar-refractivity contribution in [2.75, 3.05) is 0 Å². The standard InChI is InChI=1S/C15H19ClO2/c1-11-6-8-15(9-7-11,14(17)18)10-12-4-2-3-5-13(12)16/h2-5,11H,6-10H2,1H3,(H,17,18). The number of carboxylic acids is 1. The second kappa shape index (κ2) is 5.31. The quantitative estimate of drug-likeness (QED) is 0.892. The molecule has 18 heavy (non-hydrogen) atoms. The van der Waals surface area contributed by atoms with Crippen molar-refractivity contribution in [2.45, 2.75) is 39.0 Å². The Morgan fingerprint density at radius 3 is 2.56 bits per heavy atom. The van der Waals surface area contributed by atoms with E-state index in [4.69, 9.17) is 11.6 Å². The Kier molecular flexibility index (Phi) is 3.96. The molecular weight excluding hydrogens is 248 g/mol. The molecule has 0 saturated heterocycles. The maximum absolute atomic E-state index is 11.7. The molecule has 2 nitrogen and oxygen atoms in total. The van der Waals surface area contributed by atoms with Gasteiger partial charge in [0.2, 0.25) is 0 Å². The minimum absolute atomic E-state index is 0.550. The van der Waals surface area contributed by atoms with Crippen LogP contribution in [-0.4, -0.2) is 11.1 Å². The number of halogens is 1.